The van der Waals surface area contributed by atoms with Gasteiger partial charge in [0, 0.05) is 0 Å². The average Bonchev–Trinajstić information content (AvgIpc) is 2.76. The summed E-state index contributed by atoms with van der Waals surface area (Å²) < 4.78 is 0. The molecule has 0 saturated heterocycles. The summed E-state index contributed by atoms with van der Waals surface area (Å²) in [5.74, 6) is -0.897. The van der Waals surface area contributed by atoms with Gasteiger partial charge in [-0.15, -0.1) is 0 Å². The Labute approximate surface area is 187 Å². The van der Waals surface area contributed by atoms with Crippen molar-refractivity contribution >= 4 is 24.2 Å². The number of carbonyl (C=O) groups excluding carboxylic acids is 2. The second kappa shape index (κ2) is 10.3. The van der Waals surface area contributed by atoms with Gasteiger partial charge in [0.15, 0.2) is 0 Å². The standard InChI is InChI=1S/C25H25N5O2/c1-16-5-9-20(10-6-16)14-26-29-24(31)22-13-23(19(4)28-18(22)3)25(32)30-27-15-21-11-7-17(2)8-12-21/h5-15H,1-4H3,(H,29,31)(H,30,32). The summed E-state index contributed by atoms with van der Waals surface area (Å²) in [6, 6.07) is 17.0. The first kappa shape index (κ1) is 22.6. The van der Waals surface area contributed by atoms with Crippen LogP contribution in [0.15, 0.2) is 64.8 Å². The highest BCUT2D eigenvalue weighted by atomic mass is 16.2. The van der Waals surface area contributed by atoms with Gasteiger partial charge in [0.05, 0.1) is 34.9 Å². The summed E-state index contributed by atoms with van der Waals surface area (Å²) in [5, 5.41) is 8.00. The number of nitrogens with one attached hydrogen (secondary N) is 2. The number of benzene rings is 2. The van der Waals surface area contributed by atoms with Gasteiger partial charge in [-0.25, -0.2) is 10.9 Å². The summed E-state index contributed by atoms with van der Waals surface area (Å²) in [6.07, 6.45) is 3.11. The maximum Gasteiger partial charge on any atom is 0.273 e. The van der Waals surface area contributed by atoms with E-state index >= 15 is 0 Å². The third kappa shape index (κ3) is 5.95. The zero-order valence-electron chi connectivity index (χ0n) is 18.5. The minimum absolute atomic E-state index is 0.268. The predicted molar refractivity (Wildman–Crippen MR) is 126 cm³/mol. The minimum atomic E-state index is -0.449. The fourth-order valence-corrected chi connectivity index (χ4v) is 2.94. The van der Waals surface area contributed by atoms with Crippen LogP contribution < -0.4 is 10.9 Å². The molecule has 0 radical (unpaired) electrons. The van der Waals surface area contributed by atoms with E-state index in [-0.39, 0.29) is 11.1 Å². The van der Waals surface area contributed by atoms with E-state index in [1.165, 1.54) is 6.07 Å². The van der Waals surface area contributed by atoms with Crippen LogP contribution >= 0.6 is 0 Å². The van der Waals surface area contributed by atoms with E-state index in [9.17, 15) is 9.59 Å². The molecule has 7 heteroatoms. The number of carbonyl (C=O) groups is 2. The summed E-state index contributed by atoms with van der Waals surface area (Å²) in [6.45, 7) is 7.42. The highest BCUT2D eigenvalue weighted by molar-refractivity contribution is 6.01. The van der Waals surface area contributed by atoms with Crippen molar-refractivity contribution in [3.63, 3.8) is 0 Å². The first-order valence-corrected chi connectivity index (χ1v) is 10.1. The maximum absolute atomic E-state index is 12.6. The highest BCUT2D eigenvalue weighted by Crippen LogP contribution is 2.13. The number of pyridine rings is 1. The topological polar surface area (TPSA) is 95.8 Å². The highest BCUT2D eigenvalue weighted by Gasteiger charge is 2.17. The van der Waals surface area contributed by atoms with Gasteiger partial charge >= 0.3 is 0 Å². The van der Waals surface area contributed by atoms with Crippen molar-refractivity contribution in [2.45, 2.75) is 27.7 Å². The van der Waals surface area contributed by atoms with Crippen molar-refractivity contribution in [2.24, 2.45) is 10.2 Å². The molecule has 1 aromatic heterocycles. The van der Waals surface area contributed by atoms with E-state index in [0.29, 0.717) is 11.4 Å². The molecule has 0 atom stereocenters. The molecule has 7 nitrogen and oxygen atoms in total. The van der Waals surface area contributed by atoms with Gasteiger partial charge in [-0.2, -0.15) is 10.2 Å². The van der Waals surface area contributed by atoms with Crippen LogP contribution in [0.25, 0.3) is 0 Å². The third-order valence-electron chi connectivity index (χ3n) is 4.81. The largest absolute Gasteiger partial charge is 0.273 e. The van der Waals surface area contributed by atoms with Crippen LogP contribution in [-0.4, -0.2) is 29.2 Å². The van der Waals surface area contributed by atoms with Crippen molar-refractivity contribution in [3.8, 4) is 0 Å². The molecule has 2 N–H and O–H groups in total. The molecule has 162 valence electrons. The fraction of sp³-hybridized carbons (Fsp3) is 0.160. The predicted octanol–water partition coefficient (Wildman–Crippen LogP) is 3.84. The summed E-state index contributed by atoms with van der Waals surface area (Å²) in [7, 11) is 0. The Kier molecular flexibility index (Phi) is 7.23. The van der Waals surface area contributed by atoms with Gasteiger partial charge in [-0.1, -0.05) is 59.7 Å². The molecule has 0 aliphatic heterocycles. The van der Waals surface area contributed by atoms with E-state index in [0.717, 1.165) is 22.3 Å². The SMILES string of the molecule is Cc1ccc(C=NNC(=O)c2cc(C(=O)NN=Cc3ccc(C)cc3)c(C)nc2C)cc1. The molecule has 1 heterocycles. The Hall–Kier alpha value is -4.13. The number of aromatic nitrogens is 1. The number of hydrogen-bond acceptors (Lipinski definition) is 5. The van der Waals surface area contributed by atoms with Gasteiger partial charge in [-0.05, 0) is 44.9 Å². The lowest BCUT2D eigenvalue weighted by molar-refractivity contribution is 0.0954. The van der Waals surface area contributed by atoms with Crippen LogP contribution in [0.2, 0.25) is 0 Å². The van der Waals surface area contributed by atoms with Crippen molar-refractivity contribution in [1.82, 2.24) is 15.8 Å². The van der Waals surface area contributed by atoms with Crippen LogP contribution in [0.5, 0.6) is 0 Å². The second-order valence-corrected chi connectivity index (χ2v) is 7.47. The average molecular weight is 428 g/mol. The van der Waals surface area contributed by atoms with Crippen molar-refractivity contribution in [1.29, 1.82) is 0 Å². The van der Waals surface area contributed by atoms with E-state index in [1.807, 2.05) is 62.4 Å². The maximum atomic E-state index is 12.6. The van der Waals surface area contributed by atoms with E-state index in [1.54, 1.807) is 26.3 Å². The molecule has 0 fully saturated rings. The van der Waals surface area contributed by atoms with Gasteiger partial charge in [0.25, 0.3) is 11.8 Å². The lowest BCUT2D eigenvalue weighted by atomic mass is 10.1. The van der Waals surface area contributed by atoms with Crippen molar-refractivity contribution in [3.05, 3.63) is 99.4 Å². The van der Waals surface area contributed by atoms with Crippen LogP contribution in [0.1, 0.15) is 54.4 Å². The number of aryl methyl sites for hydroxylation is 4. The number of amides is 2. The number of hydrogen-bond donors (Lipinski definition) is 2. The smallest absolute Gasteiger partial charge is 0.267 e. The molecule has 3 rings (SSSR count). The van der Waals surface area contributed by atoms with E-state index in [4.69, 9.17) is 0 Å². The number of rotatable bonds is 6. The molecule has 3 aromatic rings. The van der Waals surface area contributed by atoms with Gasteiger partial charge < -0.3 is 0 Å². The molecule has 0 saturated carbocycles. The normalized spacial score (nSPS) is 11.1. The third-order valence-corrected chi connectivity index (χ3v) is 4.81. The lowest BCUT2D eigenvalue weighted by Gasteiger charge is -2.09. The molecule has 0 unspecified atom stereocenters. The summed E-state index contributed by atoms with van der Waals surface area (Å²) in [4.78, 5) is 29.5. The lowest BCUT2D eigenvalue weighted by Crippen LogP contribution is -2.23. The molecule has 2 aromatic carbocycles. The molecular formula is C25H25N5O2. The number of hydrazone groups is 2. The van der Waals surface area contributed by atoms with Crippen LogP contribution in [0.3, 0.4) is 0 Å². The summed E-state index contributed by atoms with van der Waals surface area (Å²) in [5.41, 5.74) is 10.5. The van der Waals surface area contributed by atoms with E-state index < -0.39 is 11.8 Å². The van der Waals surface area contributed by atoms with Crippen LogP contribution in [0.4, 0.5) is 0 Å². The molecule has 0 aliphatic carbocycles. The van der Waals surface area contributed by atoms with Crippen LogP contribution in [0, 0.1) is 27.7 Å². The Bertz CT molecular complexity index is 1090. The monoisotopic (exact) mass is 427 g/mol. The molecule has 32 heavy (non-hydrogen) atoms. The molecular weight excluding hydrogens is 402 g/mol. The molecule has 0 spiro atoms. The van der Waals surface area contributed by atoms with Crippen LogP contribution in [-0.2, 0) is 0 Å². The molecule has 2 amide bonds. The fourth-order valence-electron chi connectivity index (χ4n) is 2.94. The second-order valence-electron chi connectivity index (χ2n) is 7.47. The zero-order valence-corrected chi connectivity index (χ0v) is 18.5. The molecule has 0 aliphatic rings. The number of nitrogens with zero attached hydrogens (tertiary/aromatic N) is 3. The Morgan fingerprint density at radius 2 is 1.06 bits per heavy atom. The van der Waals surface area contributed by atoms with Gasteiger partial charge in [0.2, 0.25) is 0 Å². The molecule has 0 bridgehead atoms. The first-order chi connectivity index (χ1) is 15.3. The minimum Gasteiger partial charge on any atom is -0.267 e. The summed E-state index contributed by atoms with van der Waals surface area (Å²) >= 11 is 0. The van der Waals surface area contributed by atoms with Gasteiger partial charge in [-0.3, -0.25) is 14.6 Å². The Morgan fingerprint density at radius 3 is 1.44 bits per heavy atom. The Morgan fingerprint density at radius 1 is 0.688 bits per heavy atom. The quantitative estimate of drug-likeness (QED) is 0.462. The zero-order chi connectivity index (χ0) is 23.1. The first-order valence-electron chi connectivity index (χ1n) is 10.1. The van der Waals surface area contributed by atoms with Gasteiger partial charge in [0.1, 0.15) is 0 Å². The Balaban J connectivity index is 1.69. The van der Waals surface area contributed by atoms with E-state index in [2.05, 4.69) is 26.0 Å². The van der Waals surface area contributed by atoms with Crippen molar-refractivity contribution in [2.75, 3.05) is 0 Å². The van der Waals surface area contributed by atoms with Crippen molar-refractivity contribution < 1.29 is 9.59 Å².